The van der Waals surface area contributed by atoms with Gasteiger partial charge in [-0.1, -0.05) is 13.8 Å². The van der Waals surface area contributed by atoms with Crippen molar-refractivity contribution >= 4 is 11.4 Å². The lowest BCUT2D eigenvalue weighted by molar-refractivity contribution is -0.113. The van der Waals surface area contributed by atoms with Crippen molar-refractivity contribution in [1.29, 1.82) is 0 Å². The Kier molecular flexibility index (Phi) is 4.88. The second kappa shape index (κ2) is 6.18. The first kappa shape index (κ1) is 13.4. The molecule has 92 valence electrons. The molecule has 0 aliphatic heterocycles. The molecule has 1 aromatic heterocycles. The van der Waals surface area contributed by atoms with Crippen LogP contribution in [-0.2, 0) is 11.2 Å². The first-order valence-corrected chi connectivity index (χ1v) is 5.94. The lowest BCUT2D eigenvalue weighted by Gasteiger charge is -2.11. The van der Waals surface area contributed by atoms with Crippen molar-refractivity contribution in [3.63, 3.8) is 0 Å². The van der Waals surface area contributed by atoms with Crippen LogP contribution in [0.1, 0.15) is 31.4 Å². The van der Waals surface area contributed by atoms with Crippen LogP contribution >= 0.6 is 0 Å². The number of carbonyl (C=O) groups is 1. The summed E-state index contributed by atoms with van der Waals surface area (Å²) in [4.78, 5) is 18.0. The number of carbonyl (C=O) groups excluding carboxylic acids is 1. The minimum absolute atomic E-state index is 0.147. The number of hydrogen-bond acceptors (Lipinski definition) is 3. The fraction of sp³-hybridized carbons (Fsp3) is 0.429. The van der Waals surface area contributed by atoms with Crippen LogP contribution in [0.15, 0.2) is 24.7 Å². The summed E-state index contributed by atoms with van der Waals surface area (Å²) in [5, 5.41) is 0. The zero-order valence-corrected chi connectivity index (χ0v) is 11.0. The van der Waals surface area contributed by atoms with Crippen molar-refractivity contribution in [2.45, 2.75) is 26.7 Å². The minimum atomic E-state index is 0.147. The molecule has 0 N–H and O–H groups in total. The van der Waals surface area contributed by atoms with E-state index >= 15 is 0 Å². The Balaban J connectivity index is 3.17. The SMILES string of the molecule is CCC(=O)/C(=C\N(C)C)c1cncc(CC)c1. The number of aromatic nitrogens is 1. The summed E-state index contributed by atoms with van der Waals surface area (Å²) in [6, 6.07) is 2.04. The second-order valence-corrected chi connectivity index (χ2v) is 4.22. The van der Waals surface area contributed by atoms with Crippen LogP contribution in [0.3, 0.4) is 0 Å². The Morgan fingerprint density at radius 1 is 1.35 bits per heavy atom. The Labute approximate surface area is 103 Å². The summed E-state index contributed by atoms with van der Waals surface area (Å²) in [6.45, 7) is 3.96. The van der Waals surface area contributed by atoms with E-state index in [9.17, 15) is 4.79 Å². The third-order valence-electron chi connectivity index (χ3n) is 2.52. The van der Waals surface area contributed by atoms with Gasteiger partial charge >= 0.3 is 0 Å². The topological polar surface area (TPSA) is 33.2 Å². The van der Waals surface area contributed by atoms with E-state index in [2.05, 4.69) is 11.9 Å². The lowest BCUT2D eigenvalue weighted by atomic mass is 10.0. The number of hydrogen-bond donors (Lipinski definition) is 0. The minimum Gasteiger partial charge on any atom is -0.383 e. The Hall–Kier alpha value is -1.64. The molecule has 1 rings (SSSR count). The molecule has 1 aromatic rings. The molecule has 3 heteroatoms. The molecule has 0 amide bonds. The van der Waals surface area contributed by atoms with Gasteiger partial charge in [0.05, 0.1) is 0 Å². The fourth-order valence-electron chi connectivity index (χ4n) is 1.58. The van der Waals surface area contributed by atoms with Crippen molar-refractivity contribution in [3.8, 4) is 0 Å². The van der Waals surface area contributed by atoms with Gasteiger partial charge in [-0.2, -0.15) is 0 Å². The third kappa shape index (κ3) is 3.70. The zero-order chi connectivity index (χ0) is 12.8. The number of allylic oxidation sites excluding steroid dienone is 1. The van der Waals surface area contributed by atoms with E-state index in [-0.39, 0.29) is 5.78 Å². The summed E-state index contributed by atoms with van der Waals surface area (Å²) in [7, 11) is 3.83. The molecule has 0 aliphatic carbocycles. The number of ketones is 1. The molecule has 0 unspecified atom stereocenters. The Bertz CT molecular complexity index is 422. The van der Waals surface area contributed by atoms with E-state index in [0.717, 1.165) is 23.1 Å². The molecule has 0 aliphatic rings. The van der Waals surface area contributed by atoms with E-state index in [4.69, 9.17) is 0 Å². The molecular formula is C14H20N2O. The lowest BCUT2D eigenvalue weighted by Crippen LogP contribution is -2.08. The van der Waals surface area contributed by atoms with Crippen LogP contribution in [0.25, 0.3) is 5.57 Å². The summed E-state index contributed by atoms with van der Waals surface area (Å²) in [5.74, 6) is 0.147. The highest BCUT2D eigenvalue weighted by Gasteiger charge is 2.11. The average Bonchev–Trinajstić information content (AvgIpc) is 2.35. The van der Waals surface area contributed by atoms with Crippen molar-refractivity contribution in [2.75, 3.05) is 14.1 Å². The number of nitrogens with zero attached hydrogens (tertiary/aromatic N) is 2. The fourth-order valence-corrected chi connectivity index (χ4v) is 1.58. The first-order chi connectivity index (χ1) is 8.08. The van der Waals surface area contributed by atoms with Crippen LogP contribution in [0.5, 0.6) is 0 Å². The second-order valence-electron chi connectivity index (χ2n) is 4.22. The van der Waals surface area contributed by atoms with Crippen molar-refractivity contribution < 1.29 is 4.79 Å². The predicted octanol–water partition coefficient (Wildman–Crippen LogP) is 2.53. The van der Waals surface area contributed by atoms with Crippen LogP contribution in [-0.4, -0.2) is 29.8 Å². The van der Waals surface area contributed by atoms with E-state index in [1.165, 1.54) is 0 Å². The van der Waals surface area contributed by atoms with Gasteiger partial charge in [-0.15, -0.1) is 0 Å². The van der Waals surface area contributed by atoms with Crippen LogP contribution < -0.4 is 0 Å². The monoisotopic (exact) mass is 232 g/mol. The number of pyridine rings is 1. The predicted molar refractivity (Wildman–Crippen MR) is 70.6 cm³/mol. The normalized spacial score (nSPS) is 11.4. The maximum atomic E-state index is 11.9. The van der Waals surface area contributed by atoms with Crippen molar-refractivity contribution in [3.05, 3.63) is 35.8 Å². The van der Waals surface area contributed by atoms with Gasteiger partial charge in [0.15, 0.2) is 5.78 Å². The average molecular weight is 232 g/mol. The standard InChI is InChI=1S/C14H20N2O/c1-5-11-7-12(9-15-8-11)13(10-16(3)4)14(17)6-2/h7-10H,5-6H2,1-4H3/b13-10-. The first-order valence-electron chi connectivity index (χ1n) is 5.94. The van der Waals surface area contributed by atoms with Gasteiger partial charge in [0.1, 0.15) is 0 Å². The molecule has 0 fully saturated rings. The largest absolute Gasteiger partial charge is 0.383 e. The summed E-state index contributed by atoms with van der Waals surface area (Å²) in [6.07, 6.45) is 6.89. The van der Waals surface area contributed by atoms with Gasteiger partial charge in [0.2, 0.25) is 0 Å². The molecule has 1 heterocycles. The molecule has 0 saturated heterocycles. The van der Waals surface area contributed by atoms with Gasteiger partial charge in [0.25, 0.3) is 0 Å². The molecule has 3 nitrogen and oxygen atoms in total. The highest BCUT2D eigenvalue weighted by molar-refractivity contribution is 6.20. The van der Waals surface area contributed by atoms with E-state index in [1.807, 2.05) is 44.4 Å². The molecule has 0 atom stereocenters. The summed E-state index contributed by atoms with van der Waals surface area (Å²) in [5.41, 5.74) is 2.79. The maximum absolute atomic E-state index is 11.9. The molecule has 17 heavy (non-hydrogen) atoms. The van der Waals surface area contributed by atoms with E-state index in [0.29, 0.717) is 6.42 Å². The summed E-state index contributed by atoms with van der Waals surface area (Å²) >= 11 is 0. The molecule has 0 radical (unpaired) electrons. The van der Waals surface area contributed by atoms with Gasteiger partial charge in [-0.25, -0.2) is 0 Å². The van der Waals surface area contributed by atoms with E-state index in [1.54, 1.807) is 6.20 Å². The quantitative estimate of drug-likeness (QED) is 0.731. The zero-order valence-electron chi connectivity index (χ0n) is 11.0. The Morgan fingerprint density at radius 3 is 2.59 bits per heavy atom. The molecule has 0 saturated carbocycles. The molecule has 0 aromatic carbocycles. The van der Waals surface area contributed by atoms with Crippen LogP contribution in [0.4, 0.5) is 0 Å². The summed E-state index contributed by atoms with van der Waals surface area (Å²) < 4.78 is 0. The van der Waals surface area contributed by atoms with Gasteiger partial charge in [0, 0.05) is 50.2 Å². The highest BCUT2D eigenvalue weighted by atomic mass is 16.1. The number of rotatable bonds is 5. The Morgan fingerprint density at radius 2 is 2.06 bits per heavy atom. The smallest absolute Gasteiger partial charge is 0.164 e. The number of Topliss-reactive ketones (excluding diaryl/α,β-unsaturated/α-hetero) is 1. The van der Waals surface area contributed by atoms with Crippen LogP contribution in [0, 0.1) is 0 Å². The molecular weight excluding hydrogens is 212 g/mol. The van der Waals surface area contributed by atoms with E-state index < -0.39 is 0 Å². The highest BCUT2D eigenvalue weighted by Crippen LogP contribution is 2.18. The van der Waals surface area contributed by atoms with Crippen molar-refractivity contribution in [2.24, 2.45) is 0 Å². The van der Waals surface area contributed by atoms with Gasteiger partial charge in [-0.05, 0) is 18.1 Å². The van der Waals surface area contributed by atoms with Crippen LogP contribution in [0.2, 0.25) is 0 Å². The van der Waals surface area contributed by atoms with Crippen molar-refractivity contribution in [1.82, 2.24) is 9.88 Å². The molecule has 0 bridgehead atoms. The maximum Gasteiger partial charge on any atom is 0.164 e. The van der Waals surface area contributed by atoms with Gasteiger partial charge in [-0.3, -0.25) is 9.78 Å². The van der Waals surface area contributed by atoms with Gasteiger partial charge < -0.3 is 4.90 Å². The molecule has 0 spiro atoms. The third-order valence-corrected chi connectivity index (χ3v) is 2.52. The number of aryl methyl sites for hydroxylation is 1.